The summed E-state index contributed by atoms with van der Waals surface area (Å²) in [6, 6.07) is 4.92. The van der Waals surface area contributed by atoms with Crippen LogP contribution < -0.4 is 5.73 Å². The van der Waals surface area contributed by atoms with E-state index in [2.05, 4.69) is 4.98 Å². The van der Waals surface area contributed by atoms with Gasteiger partial charge in [-0.1, -0.05) is 6.07 Å². The Kier molecular flexibility index (Phi) is 3.90. The third-order valence-electron chi connectivity index (χ3n) is 3.05. The Morgan fingerprint density at radius 1 is 1.21 bits per heavy atom. The number of nitrogens with two attached hydrogens (primary N) is 1. The summed E-state index contributed by atoms with van der Waals surface area (Å²) < 4.78 is 26.7. The summed E-state index contributed by atoms with van der Waals surface area (Å²) in [5, 5.41) is 0. The van der Waals surface area contributed by atoms with Gasteiger partial charge in [0.1, 0.15) is 11.6 Å². The maximum atomic E-state index is 13.6. The molecule has 0 aliphatic carbocycles. The minimum Gasteiger partial charge on any atom is -0.322 e. The van der Waals surface area contributed by atoms with E-state index in [1.54, 1.807) is 6.20 Å². The molecule has 2 nitrogen and oxygen atoms in total. The van der Waals surface area contributed by atoms with Crippen molar-refractivity contribution in [2.24, 2.45) is 5.73 Å². The Labute approximate surface area is 111 Å². The van der Waals surface area contributed by atoms with Crippen molar-refractivity contribution in [2.75, 3.05) is 0 Å². The number of pyridine rings is 1. The lowest BCUT2D eigenvalue weighted by Gasteiger charge is -2.14. The molecular formula is C15H16F2N2. The van der Waals surface area contributed by atoms with Crippen LogP contribution in [-0.4, -0.2) is 4.98 Å². The number of halogens is 2. The monoisotopic (exact) mass is 262 g/mol. The Hall–Kier alpha value is -1.81. The van der Waals surface area contributed by atoms with Crippen LogP contribution in [0.2, 0.25) is 0 Å². The molecule has 100 valence electrons. The number of aryl methyl sites for hydroxylation is 2. The predicted molar refractivity (Wildman–Crippen MR) is 70.7 cm³/mol. The number of nitrogens with zero attached hydrogens (tertiary/aromatic N) is 1. The molecule has 4 heteroatoms. The van der Waals surface area contributed by atoms with Gasteiger partial charge in [0.25, 0.3) is 0 Å². The van der Waals surface area contributed by atoms with Gasteiger partial charge < -0.3 is 5.73 Å². The zero-order valence-corrected chi connectivity index (χ0v) is 11.0. The third kappa shape index (κ3) is 3.15. The topological polar surface area (TPSA) is 38.9 Å². The van der Waals surface area contributed by atoms with Crippen molar-refractivity contribution in [3.63, 3.8) is 0 Å². The lowest BCUT2D eigenvalue weighted by atomic mass is 9.99. The van der Waals surface area contributed by atoms with Gasteiger partial charge in [-0.15, -0.1) is 0 Å². The molecule has 0 fully saturated rings. The van der Waals surface area contributed by atoms with Crippen molar-refractivity contribution in [3.05, 3.63) is 64.5 Å². The molecule has 0 amide bonds. The van der Waals surface area contributed by atoms with Crippen molar-refractivity contribution in [1.29, 1.82) is 0 Å². The van der Waals surface area contributed by atoms with E-state index in [1.165, 1.54) is 6.07 Å². The summed E-state index contributed by atoms with van der Waals surface area (Å²) in [4.78, 5) is 4.28. The predicted octanol–water partition coefficient (Wildman–Crippen LogP) is 3.22. The van der Waals surface area contributed by atoms with Crippen LogP contribution in [0, 0.1) is 25.5 Å². The fourth-order valence-corrected chi connectivity index (χ4v) is 2.15. The van der Waals surface area contributed by atoms with Gasteiger partial charge in [0.05, 0.1) is 11.7 Å². The largest absolute Gasteiger partial charge is 0.322 e. The average Bonchev–Trinajstić information content (AvgIpc) is 2.33. The molecule has 1 aromatic carbocycles. The first-order chi connectivity index (χ1) is 8.97. The molecule has 0 bridgehead atoms. The van der Waals surface area contributed by atoms with E-state index in [0.717, 1.165) is 23.3 Å². The van der Waals surface area contributed by atoms with Crippen molar-refractivity contribution in [3.8, 4) is 0 Å². The molecule has 0 saturated heterocycles. The average molecular weight is 262 g/mol. The second kappa shape index (κ2) is 5.45. The molecule has 2 aromatic rings. The molecule has 0 aliphatic heterocycles. The molecule has 2 N–H and O–H groups in total. The van der Waals surface area contributed by atoms with Gasteiger partial charge in [0, 0.05) is 6.20 Å². The first-order valence-corrected chi connectivity index (χ1v) is 6.10. The highest BCUT2D eigenvalue weighted by Gasteiger charge is 2.14. The van der Waals surface area contributed by atoms with Crippen LogP contribution >= 0.6 is 0 Å². The minimum atomic E-state index is -0.461. The van der Waals surface area contributed by atoms with Crippen LogP contribution in [0.15, 0.2) is 30.5 Å². The van der Waals surface area contributed by atoms with Crippen LogP contribution in [0.5, 0.6) is 0 Å². The molecule has 0 spiro atoms. The van der Waals surface area contributed by atoms with E-state index in [1.807, 2.05) is 19.9 Å². The summed E-state index contributed by atoms with van der Waals surface area (Å²) >= 11 is 0. The molecule has 1 atom stereocenters. The molecule has 1 aromatic heterocycles. The summed E-state index contributed by atoms with van der Waals surface area (Å²) in [5.74, 6) is -0.904. The fraction of sp³-hybridized carbons (Fsp3) is 0.267. The Balaban J connectivity index is 2.25. The molecule has 0 radical (unpaired) electrons. The van der Waals surface area contributed by atoms with Gasteiger partial charge in [-0.25, -0.2) is 8.78 Å². The second-order valence-electron chi connectivity index (χ2n) is 4.76. The normalized spacial score (nSPS) is 12.5. The maximum Gasteiger partial charge on any atom is 0.126 e. The van der Waals surface area contributed by atoms with E-state index < -0.39 is 17.7 Å². The maximum absolute atomic E-state index is 13.6. The lowest BCUT2D eigenvalue weighted by Crippen LogP contribution is -2.17. The van der Waals surface area contributed by atoms with Gasteiger partial charge in [-0.05, 0) is 55.2 Å². The molecule has 0 aliphatic rings. The van der Waals surface area contributed by atoms with E-state index in [4.69, 9.17) is 5.73 Å². The molecule has 0 saturated carbocycles. The van der Waals surface area contributed by atoms with Gasteiger partial charge in [-0.2, -0.15) is 0 Å². The number of rotatable bonds is 3. The van der Waals surface area contributed by atoms with Gasteiger partial charge in [0.2, 0.25) is 0 Å². The van der Waals surface area contributed by atoms with Crippen molar-refractivity contribution < 1.29 is 8.78 Å². The number of aromatic nitrogens is 1. The fourth-order valence-electron chi connectivity index (χ4n) is 2.15. The van der Waals surface area contributed by atoms with Gasteiger partial charge in [0.15, 0.2) is 0 Å². The highest BCUT2D eigenvalue weighted by atomic mass is 19.1. The lowest BCUT2D eigenvalue weighted by molar-refractivity contribution is 0.569. The molecule has 2 rings (SSSR count). The first kappa shape index (κ1) is 13.6. The molecule has 1 heterocycles. The van der Waals surface area contributed by atoms with Crippen molar-refractivity contribution in [2.45, 2.75) is 26.3 Å². The van der Waals surface area contributed by atoms with Crippen LogP contribution in [-0.2, 0) is 6.42 Å². The van der Waals surface area contributed by atoms with Crippen molar-refractivity contribution >= 4 is 0 Å². The summed E-state index contributed by atoms with van der Waals surface area (Å²) in [5.41, 5.74) is 9.04. The molecule has 19 heavy (non-hydrogen) atoms. The Bertz CT molecular complexity index is 597. The van der Waals surface area contributed by atoms with Crippen molar-refractivity contribution in [1.82, 2.24) is 4.98 Å². The summed E-state index contributed by atoms with van der Waals surface area (Å²) in [6.45, 7) is 3.86. The number of hydrogen-bond acceptors (Lipinski definition) is 2. The minimum absolute atomic E-state index is 0.223. The van der Waals surface area contributed by atoms with E-state index in [-0.39, 0.29) is 12.0 Å². The highest BCUT2D eigenvalue weighted by Crippen LogP contribution is 2.20. The standard InChI is InChI=1S/C15H16F2N2/c1-9-5-10(2)15(19-8-9)14(18)7-11-6-12(16)3-4-13(11)17/h3-6,8,14H,7,18H2,1-2H3. The zero-order valence-electron chi connectivity index (χ0n) is 11.0. The molecular weight excluding hydrogens is 246 g/mol. The van der Waals surface area contributed by atoms with Crippen LogP contribution in [0.4, 0.5) is 8.78 Å². The quantitative estimate of drug-likeness (QED) is 0.922. The zero-order chi connectivity index (χ0) is 14.0. The van der Waals surface area contributed by atoms with E-state index in [0.29, 0.717) is 5.69 Å². The van der Waals surface area contributed by atoms with Crippen LogP contribution in [0.1, 0.15) is 28.4 Å². The van der Waals surface area contributed by atoms with E-state index >= 15 is 0 Å². The summed E-state index contributed by atoms with van der Waals surface area (Å²) in [7, 11) is 0. The Morgan fingerprint density at radius 2 is 1.95 bits per heavy atom. The smallest absolute Gasteiger partial charge is 0.126 e. The Morgan fingerprint density at radius 3 is 2.63 bits per heavy atom. The van der Waals surface area contributed by atoms with E-state index in [9.17, 15) is 8.78 Å². The highest BCUT2D eigenvalue weighted by molar-refractivity contribution is 5.28. The number of hydrogen-bond donors (Lipinski definition) is 1. The van der Waals surface area contributed by atoms with Crippen LogP contribution in [0.3, 0.4) is 0 Å². The van der Waals surface area contributed by atoms with Crippen LogP contribution in [0.25, 0.3) is 0 Å². The summed E-state index contributed by atoms with van der Waals surface area (Å²) in [6.07, 6.45) is 1.95. The van der Waals surface area contributed by atoms with Gasteiger partial charge in [-0.3, -0.25) is 4.98 Å². The SMILES string of the molecule is Cc1cnc(C(N)Cc2cc(F)ccc2F)c(C)c1. The first-order valence-electron chi connectivity index (χ1n) is 6.10. The second-order valence-corrected chi connectivity index (χ2v) is 4.76. The van der Waals surface area contributed by atoms with Gasteiger partial charge >= 0.3 is 0 Å². The number of benzene rings is 1. The molecule has 1 unspecified atom stereocenters. The third-order valence-corrected chi connectivity index (χ3v) is 3.05.